The van der Waals surface area contributed by atoms with Crippen molar-refractivity contribution in [3.8, 4) is 5.75 Å². The summed E-state index contributed by atoms with van der Waals surface area (Å²) in [7, 11) is -2.04. The van der Waals surface area contributed by atoms with Gasteiger partial charge >= 0.3 is 0 Å². The van der Waals surface area contributed by atoms with Crippen molar-refractivity contribution in [2.45, 2.75) is 11.8 Å². The summed E-state index contributed by atoms with van der Waals surface area (Å²) in [5.41, 5.74) is 0.604. The predicted octanol–water partition coefficient (Wildman–Crippen LogP) is 3.67. The zero-order chi connectivity index (χ0) is 15.5. The SMILES string of the molecule is CCOc1ccc(S(=O)(=O)N(C)c2ccc(Br)cc2)cc1. The zero-order valence-electron chi connectivity index (χ0n) is 11.8. The van der Waals surface area contributed by atoms with E-state index in [1.165, 1.54) is 11.4 Å². The van der Waals surface area contributed by atoms with Crippen LogP contribution in [0.15, 0.2) is 57.9 Å². The number of sulfonamides is 1. The number of ether oxygens (including phenoxy) is 1. The third kappa shape index (κ3) is 3.57. The van der Waals surface area contributed by atoms with E-state index in [9.17, 15) is 8.42 Å². The first-order chi connectivity index (χ1) is 9.95. The minimum absolute atomic E-state index is 0.233. The van der Waals surface area contributed by atoms with Gasteiger partial charge in [0, 0.05) is 11.5 Å². The molecule has 4 nitrogen and oxygen atoms in total. The third-order valence-corrected chi connectivity index (χ3v) is 5.31. The van der Waals surface area contributed by atoms with Gasteiger partial charge in [0.25, 0.3) is 10.0 Å². The highest BCUT2D eigenvalue weighted by atomic mass is 79.9. The van der Waals surface area contributed by atoms with Gasteiger partial charge in [0.15, 0.2) is 0 Å². The Bertz CT molecular complexity index is 697. The van der Waals surface area contributed by atoms with Gasteiger partial charge in [0.05, 0.1) is 17.2 Å². The van der Waals surface area contributed by atoms with Gasteiger partial charge in [0.1, 0.15) is 5.75 Å². The van der Waals surface area contributed by atoms with Crippen molar-refractivity contribution in [1.82, 2.24) is 0 Å². The number of benzene rings is 2. The average molecular weight is 370 g/mol. The largest absolute Gasteiger partial charge is 0.494 e. The molecule has 0 aromatic heterocycles. The van der Waals surface area contributed by atoms with Crippen LogP contribution in [-0.4, -0.2) is 22.1 Å². The summed E-state index contributed by atoms with van der Waals surface area (Å²) < 4.78 is 32.6. The van der Waals surface area contributed by atoms with Gasteiger partial charge in [-0.2, -0.15) is 0 Å². The van der Waals surface area contributed by atoms with Crippen molar-refractivity contribution in [3.63, 3.8) is 0 Å². The minimum atomic E-state index is -3.57. The van der Waals surface area contributed by atoms with E-state index in [1.54, 1.807) is 48.5 Å². The number of hydrogen-bond acceptors (Lipinski definition) is 3. The highest BCUT2D eigenvalue weighted by Crippen LogP contribution is 2.25. The molecule has 2 aromatic carbocycles. The van der Waals surface area contributed by atoms with Gasteiger partial charge in [-0.1, -0.05) is 15.9 Å². The van der Waals surface area contributed by atoms with Crippen LogP contribution < -0.4 is 9.04 Å². The summed E-state index contributed by atoms with van der Waals surface area (Å²) in [4.78, 5) is 0.233. The van der Waals surface area contributed by atoms with Crippen LogP contribution in [0.1, 0.15) is 6.92 Å². The first-order valence-electron chi connectivity index (χ1n) is 6.42. The lowest BCUT2D eigenvalue weighted by Crippen LogP contribution is -2.26. The molecule has 2 aromatic rings. The molecule has 0 amide bonds. The molecule has 21 heavy (non-hydrogen) atoms. The number of nitrogens with zero attached hydrogens (tertiary/aromatic N) is 1. The monoisotopic (exact) mass is 369 g/mol. The molecule has 0 spiro atoms. The standard InChI is InChI=1S/C15H16BrNO3S/c1-3-20-14-8-10-15(11-9-14)21(18,19)17(2)13-6-4-12(16)5-7-13/h4-11H,3H2,1-2H3. The van der Waals surface area contributed by atoms with E-state index in [1.807, 2.05) is 6.92 Å². The molecule has 0 unspecified atom stereocenters. The van der Waals surface area contributed by atoms with E-state index in [0.29, 0.717) is 18.0 Å². The fourth-order valence-electron chi connectivity index (χ4n) is 1.82. The van der Waals surface area contributed by atoms with E-state index in [4.69, 9.17) is 4.74 Å². The van der Waals surface area contributed by atoms with E-state index < -0.39 is 10.0 Å². The number of hydrogen-bond donors (Lipinski definition) is 0. The van der Waals surface area contributed by atoms with Crippen molar-refractivity contribution in [2.75, 3.05) is 18.0 Å². The van der Waals surface area contributed by atoms with Crippen molar-refractivity contribution in [2.24, 2.45) is 0 Å². The second kappa shape index (κ2) is 6.49. The van der Waals surface area contributed by atoms with Crippen molar-refractivity contribution in [1.29, 1.82) is 0 Å². The normalized spacial score (nSPS) is 11.2. The summed E-state index contributed by atoms with van der Waals surface area (Å²) in [5.74, 6) is 0.655. The van der Waals surface area contributed by atoms with Gasteiger partial charge in [-0.15, -0.1) is 0 Å². The lowest BCUT2D eigenvalue weighted by molar-refractivity contribution is 0.340. The van der Waals surface area contributed by atoms with Crippen LogP contribution in [-0.2, 0) is 10.0 Å². The molecular weight excluding hydrogens is 354 g/mol. The van der Waals surface area contributed by atoms with E-state index in [-0.39, 0.29) is 4.90 Å². The molecule has 112 valence electrons. The highest BCUT2D eigenvalue weighted by Gasteiger charge is 2.21. The molecule has 0 bridgehead atoms. The maximum Gasteiger partial charge on any atom is 0.264 e. The van der Waals surface area contributed by atoms with Crippen LogP contribution in [0.5, 0.6) is 5.75 Å². The first-order valence-corrected chi connectivity index (χ1v) is 8.66. The second-order valence-electron chi connectivity index (χ2n) is 4.35. The molecule has 0 aliphatic heterocycles. The van der Waals surface area contributed by atoms with Crippen molar-refractivity contribution >= 4 is 31.6 Å². The lowest BCUT2D eigenvalue weighted by atomic mass is 10.3. The van der Waals surface area contributed by atoms with Gasteiger partial charge in [-0.05, 0) is 55.5 Å². The molecule has 2 rings (SSSR count). The summed E-state index contributed by atoms with van der Waals surface area (Å²) in [5, 5.41) is 0. The summed E-state index contributed by atoms with van der Waals surface area (Å²) in [6.07, 6.45) is 0. The molecule has 0 aliphatic rings. The Hall–Kier alpha value is -1.53. The van der Waals surface area contributed by atoms with Gasteiger partial charge < -0.3 is 4.74 Å². The zero-order valence-corrected chi connectivity index (χ0v) is 14.2. The van der Waals surface area contributed by atoms with Crippen LogP contribution in [0.25, 0.3) is 0 Å². The van der Waals surface area contributed by atoms with Crippen LogP contribution in [0.2, 0.25) is 0 Å². The topological polar surface area (TPSA) is 46.6 Å². The fourth-order valence-corrected chi connectivity index (χ4v) is 3.28. The maximum atomic E-state index is 12.6. The van der Waals surface area contributed by atoms with Crippen molar-refractivity contribution in [3.05, 3.63) is 53.0 Å². The number of rotatable bonds is 5. The average Bonchev–Trinajstić information content (AvgIpc) is 2.48. The molecule has 0 N–H and O–H groups in total. The van der Waals surface area contributed by atoms with Crippen molar-refractivity contribution < 1.29 is 13.2 Å². The summed E-state index contributed by atoms with van der Waals surface area (Å²) >= 11 is 3.33. The van der Waals surface area contributed by atoms with E-state index in [0.717, 1.165) is 4.47 Å². The molecule has 0 fully saturated rings. The molecule has 0 radical (unpaired) electrons. The molecule has 0 heterocycles. The lowest BCUT2D eigenvalue weighted by Gasteiger charge is -2.19. The molecule has 0 saturated heterocycles. The van der Waals surface area contributed by atoms with E-state index in [2.05, 4.69) is 15.9 Å². The summed E-state index contributed by atoms with van der Waals surface area (Å²) in [6, 6.07) is 13.5. The molecule has 0 aliphatic carbocycles. The van der Waals surface area contributed by atoms with Crippen LogP contribution in [0.3, 0.4) is 0 Å². The number of halogens is 1. The fraction of sp³-hybridized carbons (Fsp3) is 0.200. The summed E-state index contributed by atoms with van der Waals surface area (Å²) in [6.45, 7) is 2.43. The van der Waals surface area contributed by atoms with Gasteiger partial charge in [0.2, 0.25) is 0 Å². The van der Waals surface area contributed by atoms with Crippen LogP contribution in [0, 0.1) is 0 Å². The Kier molecular flexibility index (Phi) is 4.90. The smallest absolute Gasteiger partial charge is 0.264 e. The Labute approximate surface area is 133 Å². The highest BCUT2D eigenvalue weighted by molar-refractivity contribution is 9.10. The van der Waals surface area contributed by atoms with Gasteiger partial charge in [-0.25, -0.2) is 8.42 Å². The van der Waals surface area contributed by atoms with E-state index >= 15 is 0 Å². The Morgan fingerprint density at radius 3 is 2.14 bits per heavy atom. The number of anilines is 1. The minimum Gasteiger partial charge on any atom is -0.494 e. The molecule has 0 atom stereocenters. The first kappa shape index (κ1) is 15.9. The molecule has 0 saturated carbocycles. The predicted molar refractivity (Wildman–Crippen MR) is 87.3 cm³/mol. The molecular formula is C15H16BrNO3S. The molecule has 6 heteroatoms. The Morgan fingerprint density at radius 1 is 1.05 bits per heavy atom. The Balaban J connectivity index is 2.30. The van der Waals surface area contributed by atoms with Crippen LogP contribution >= 0.6 is 15.9 Å². The third-order valence-electron chi connectivity index (χ3n) is 2.98. The Morgan fingerprint density at radius 2 is 1.62 bits per heavy atom. The second-order valence-corrected chi connectivity index (χ2v) is 7.24. The quantitative estimate of drug-likeness (QED) is 0.807. The van der Waals surface area contributed by atoms with Crippen LogP contribution in [0.4, 0.5) is 5.69 Å². The van der Waals surface area contributed by atoms with Gasteiger partial charge in [-0.3, -0.25) is 4.31 Å². The maximum absolute atomic E-state index is 12.6.